The molecule has 0 bridgehead atoms. The van der Waals surface area contributed by atoms with Crippen LogP contribution >= 0.6 is 0 Å². The van der Waals surface area contributed by atoms with Gasteiger partial charge in [0.25, 0.3) is 5.92 Å². The lowest BCUT2D eigenvalue weighted by atomic mass is 9.80. The lowest BCUT2D eigenvalue weighted by Gasteiger charge is -2.31. The number of carbonyl (C=O) groups excluding carboxylic acids is 2. The summed E-state index contributed by atoms with van der Waals surface area (Å²) in [5.41, 5.74) is 5.91. The number of urea groups is 1. The van der Waals surface area contributed by atoms with E-state index in [1.165, 1.54) is 18.1 Å². The molecule has 2 aromatic rings. The lowest BCUT2D eigenvalue weighted by molar-refractivity contribution is -0.164. The zero-order valence-electron chi connectivity index (χ0n) is 25.4. The van der Waals surface area contributed by atoms with Gasteiger partial charge in [0, 0.05) is 37.2 Å². The first-order valence-electron chi connectivity index (χ1n) is 14.4. The van der Waals surface area contributed by atoms with Gasteiger partial charge in [0.05, 0.1) is 25.9 Å². The number of carbonyl (C=O) groups is 2. The Morgan fingerprint density at radius 1 is 1.02 bits per heavy atom. The van der Waals surface area contributed by atoms with Gasteiger partial charge < -0.3 is 24.0 Å². The molecule has 1 atom stereocenters. The number of hydrogen-bond acceptors (Lipinski definition) is 5. The van der Waals surface area contributed by atoms with E-state index in [1.54, 1.807) is 4.90 Å². The maximum absolute atomic E-state index is 15.6. The van der Waals surface area contributed by atoms with Crippen molar-refractivity contribution in [3.8, 4) is 16.9 Å². The maximum Gasteiger partial charge on any atom is 0.339 e. The summed E-state index contributed by atoms with van der Waals surface area (Å²) < 4.78 is 60.7. The summed E-state index contributed by atoms with van der Waals surface area (Å²) in [5, 5.41) is 0. The molecule has 3 aliphatic rings. The Balaban J connectivity index is 1.71. The summed E-state index contributed by atoms with van der Waals surface area (Å²) >= 11 is 0. The molecule has 7 nitrogen and oxygen atoms in total. The molecule has 0 N–H and O–H groups in total. The predicted octanol–water partition coefficient (Wildman–Crippen LogP) is 6.55. The minimum atomic E-state index is -2.90. The Morgan fingerprint density at radius 2 is 1.69 bits per heavy atom. The molecule has 3 aliphatic heterocycles. The van der Waals surface area contributed by atoms with Gasteiger partial charge in [-0.05, 0) is 99.4 Å². The largest absolute Gasteiger partial charge is 0.490 e. The molecule has 0 saturated carbocycles. The van der Waals surface area contributed by atoms with E-state index in [1.807, 2.05) is 41.5 Å². The first-order valence-corrected chi connectivity index (χ1v) is 14.4. The van der Waals surface area contributed by atoms with E-state index in [0.29, 0.717) is 29.7 Å². The van der Waals surface area contributed by atoms with Crippen molar-refractivity contribution in [2.24, 2.45) is 0 Å². The van der Waals surface area contributed by atoms with Crippen molar-refractivity contribution in [3.63, 3.8) is 0 Å². The summed E-state index contributed by atoms with van der Waals surface area (Å²) in [6.45, 7) is 11.5. The zero-order chi connectivity index (χ0) is 30.7. The summed E-state index contributed by atoms with van der Waals surface area (Å²) in [4.78, 5) is 29.5. The van der Waals surface area contributed by atoms with Crippen LogP contribution in [0.2, 0.25) is 0 Å². The second kappa shape index (κ2) is 10.8. The van der Waals surface area contributed by atoms with Gasteiger partial charge in [-0.1, -0.05) is 0 Å². The second-order valence-electron chi connectivity index (χ2n) is 12.6. The summed E-state index contributed by atoms with van der Waals surface area (Å²) in [6.07, 6.45) is -0.0721. The van der Waals surface area contributed by atoms with E-state index in [4.69, 9.17) is 14.2 Å². The summed E-state index contributed by atoms with van der Waals surface area (Å²) in [7, 11) is 1.30. The van der Waals surface area contributed by atoms with Crippen LogP contribution in [0.5, 0.6) is 5.75 Å². The molecule has 2 amide bonds. The van der Waals surface area contributed by atoms with Gasteiger partial charge >= 0.3 is 12.0 Å². The topological polar surface area (TPSA) is 68.3 Å². The maximum atomic E-state index is 15.6. The Bertz CT molecular complexity index is 1450. The SMILES string of the molecule is COC(=O)[C@@H](OC(C)(C)C)c1c(C)c2c(c(C)c1-c1cc(F)c3c(c1C)CCCO3)CN(C(=O)N1CCC(F)(F)C1)C2. The molecule has 0 spiro atoms. The fraction of sp³-hybridized carbons (Fsp3) is 0.562. The van der Waals surface area contributed by atoms with Gasteiger partial charge in [-0.15, -0.1) is 0 Å². The molecular formula is C32H39F3N2O5. The van der Waals surface area contributed by atoms with Crippen molar-refractivity contribution in [1.82, 2.24) is 9.80 Å². The fourth-order valence-electron chi connectivity index (χ4n) is 6.53. The molecule has 228 valence electrons. The van der Waals surface area contributed by atoms with Crippen LogP contribution in [0.4, 0.5) is 18.0 Å². The molecule has 0 unspecified atom stereocenters. The van der Waals surface area contributed by atoms with Gasteiger partial charge in [-0.2, -0.15) is 0 Å². The third-order valence-electron chi connectivity index (χ3n) is 8.58. The molecular weight excluding hydrogens is 549 g/mol. The smallest absolute Gasteiger partial charge is 0.339 e. The number of likely N-dealkylation sites (tertiary alicyclic amines) is 1. The second-order valence-corrected chi connectivity index (χ2v) is 12.6. The van der Waals surface area contributed by atoms with Gasteiger partial charge in [-0.3, -0.25) is 0 Å². The van der Waals surface area contributed by atoms with E-state index < -0.39 is 42.0 Å². The Hall–Kier alpha value is -3.27. The first kappa shape index (κ1) is 30.2. The molecule has 5 rings (SSSR count). The average Bonchev–Trinajstić information content (AvgIpc) is 3.54. The van der Waals surface area contributed by atoms with E-state index in [2.05, 4.69) is 0 Å². The third kappa shape index (κ3) is 5.34. The molecule has 1 fully saturated rings. The van der Waals surface area contributed by atoms with Crippen LogP contribution in [0.3, 0.4) is 0 Å². The summed E-state index contributed by atoms with van der Waals surface area (Å²) in [6, 6.07) is 1.00. The Kier molecular flexibility index (Phi) is 7.75. The van der Waals surface area contributed by atoms with Crippen molar-refractivity contribution in [1.29, 1.82) is 0 Å². The van der Waals surface area contributed by atoms with Gasteiger partial charge in [0.2, 0.25) is 0 Å². The molecule has 1 saturated heterocycles. The standard InChI is InChI=1S/C32H39F3N2O5/c1-17-20-9-8-12-41-27(20)24(33)13-21(17)25-18(2)22-14-37(30(39)36-11-10-32(34,35)16-36)15-23(22)19(3)26(25)28(29(38)40-7)42-31(4,5)6/h13,28H,8-12,14-16H2,1-7H3/t28-/m0/s1. The number of alkyl halides is 2. The van der Waals surface area contributed by atoms with Crippen molar-refractivity contribution in [2.75, 3.05) is 26.8 Å². The number of rotatable bonds is 4. The first-order chi connectivity index (χ1) is 19.6. The minimum Gasteiger partial charge on any atom is -0.490 e. The normalized spacial score (nSPS) is 18.4. The van der Waals surface area contributed by atoms with Crippen LogP contribution in [0.15, 0.2) is 6.07 Å². The number of fused-ring (bicyclic) bond motifs is 2. The van der Waals surface area contributed by atoms with E-state index in [-0.39, 0.29) is 31.8 Å². The van der Waals surface area contributed by atoms with Gasteiger partial charge in [0.15, 0.2) is 17.7 Å². The van der Waals surface area contributed by atoms with E-state index in [9.17, 15) is 18.4 Å². The fourth-order valence-corrected chi connectivity index (χ4v) is 6.53. The van der Waals surface area contributed by atoms with Gasteiger partial charge in [0.1, 0.15) is 0 Å². The van der Waals surface area contributed by atoms with Crippen LogP contribution < -0.4 is 4.74 Å². The van der Waals surface area contributed by atoms with Gasteiger partial charge in [-0.25, -0.2) is 22.8 Å². The van der Waals surface area contributed by atoms with E-state index in [0.717, 1.165) is 39.8 Å². The van der Waals surface area contributed by atoms with Crippen LogP contribution in [0, 0.1) is 26.6 Å². The van der Waals surface area contributed by atoms with Crippen LogP contribution in [0.25, 0.3) is 11.1 Å². The number of hydrogen-bond donors (Lipinski definition) is 0. The number of nitrogens with zero attached hydrogens (tertiary/aromatic N) is 2. The van der Waals surface area contributed by atoms with Crippen molar-refractivity contribution in [3.05, 3.63) is 50.8 Å². The Labute approximate surface area is 244 Å². The Morgan fingerprint density at radius 3 is 2.29 bits per heavy atom. The number of benzene rings is 2. The third-order valence-corrected chi connectivity index (χ3v) is 8.58. The predicted molar refractivity (Wildman–Crippen MR) is 151 cm³/mol. The molecule has 2 aromatic carbocycles. The number of esters is 1. The number of amides is 2. The van der Waals surface area contributed by atoms with Crippen LogP contribution in [-0.4, -0.2) is 60.1 Å². The van der Waals surface area contributed by atoms with E-state index >= 15 is 4.39 Å². The van der Waals surface area contributed by atoms with Crippen LogP contribution in [0.1, 0.15) is 78.7 Å². The quantitative estimate of drug-likeness (QED) is 0.379. The lowest BCUT2D eigenvalue weighted by Crippen LogP contribution is -2.40. The highest BCUT2D eigenvalue weighted by atomic mass is 19.3. The zero-order valence-corrected chi connectivity index (χ0v) is 25.4. The number of ether oxygens (including phenoxy) is 3. The minimum absolute atomic E-state index is 0.00729. The molecule has 3 heterocycles. The highest BCUT2D eigenvalue weighted by Crippen LogP contribution is 2.47. The average molecular weight is 589 g/mol. The summed E-state index contributed by atoms with van der Waals surface area (Å²) in [5.74, 6) is -3.72. The molecule has 0 aromatic heterocycles. The molecule has 10 heteroatoms. The highest BCUT2D eigenvalue weighted by molar-refractivity contribution is 5.87. The van der Waals surface area contributed by atoms with Crippen molar-refractivity contribution < 1.29 is 37.0 Å². The number of methoxy groups -OCH3 is 1. The highest BCUT2D eigenvalue weighted by Gasteiger charge is 2.43. The molecule has 0 radical (unpaired) electrons. The number of halogens is 3. The molecule has 0 aliphatic carbocycles. The molecule has 42 heavy (non-hydrogen) atoms. The van der Waals surface area contributed by atoms with Crippen molar-refractivity contribution >= 4 is 12.0 Å². The van der Waals surface area contributed by atoms with Crippen molar-refractivity contribution in [2.45, 2.75) is 91.5 Å². The monoisotopic (exact) mass is 588 g/mol. The van der Waals surface area contributed by atoms with Crippen LogP contribution in [-0.2, 0) is 33.8 Å².